The Morgan fingerprint density at radius 1 is 1.14 bits per heavy atom. The zero-order valence-corrected chi connectivity index (χ0v) is 13.7. The minimum atomic E-state index is -3.61. The van der Waals surface area contributed by atoms with Gasteiger partial charge in [0.05, 0.1) is 11.3 Å². The maximum atomic E-state index is 12.1. The molecule has 1 rings (SSSR count). The predicted molar refractivity (Wildman–Crippen MR) is 81.2 cm³/mol. The van der Waals surface area contributed by atoms with Crippen LogP contribution in [0.15, 0.2) is 35.2 Å². The molecule has 0 aromatic heterocycles. The van der Waals surface area contributed by atoms with Gasteiger partial charge in [-0.1, -0.05) is 32.0 Å². The third kappa shape index (κ3) is 5.85. The number of benzene rings is 1. The number of carbonyl (C=O) groups is 1. The minimum Gasteiger partial charge on any atom is -0.462 e. The molecule has 0 saturated heterocycles. The summed E-state index contributed by atoms with van der Waals surface area (Å²) in [6.45, 7) is 7.38. The molecular formula is C15H23NO4S. The molecule has 2 unspecified atom stereocenters. The van der Waals surface area contributed by atoms with Crippen LogP contribution in [0.1, 0.15) is 34.1 Å². The van der Waals surface area contributed by atoms with Crippen LogP contribution in [0.2, 0.25) is 0 Å². The van der Waals surface area contributed by atoms with E-state index in [4.69, 9.17) is 4.74 Å². The van der Waals surface area contributed by atoms with Crippen molar-refractivity contribution in [2.24, 2.45) is 5.92 Å². The normalized spacial score (nSPS) is 14.7. The second kappa shape index (κ2) is 7.56. The molecule has 0 saturated carbocycles. The van der Waals surface area contributed by atoms with Crippen molar-refractivity contribution >= 4 is 16.0 Å². The van der Waals surface area contributed by atoms with Crippen molar-refractivity contribution in [1.29, 1.82) is 0 Å². The summed E-state index contributed by atoms with van der Waals surface area (Å²) in [7, 11) is -3.61. The van der Waals surface area contributed by atoms with E-state index in [9.17, 15) is 13.2 Å². The van der Waals surface area contributed by atoms with Gasteiger partial charge in [0.2, 0.25) is 10.0 Å². The molecule has 118 valence electrons. The number of hydrogen-bond donors (Lipinski definition) is 1. The van der Waals surface area contributed by atoms with Crippen molar-refractivity contribution in [2.75, 3.05) is 0 Å². The Morgan fingerprint density at radius 3 is 2.24 bits per heavy atom. The minimum absolute atomic E-state index is 0.00310. The summed E-state index contributed by atoms with van der Waals surface area (Å²) in [5, 5.41) is 0. The Hall–Kier alpha value is -1.40. The van der Waals surface area contributed by atoms with Gasteiger partial charge in [-0.2, -0.15) is 0 Å². The van der Waals surface area contributed by atoms with Gasteiger partial charge in [-0.15, -0.1) is 0 Å². The first-order chi connectivity index (χ1) is 9.72. The van der Waals surface area contributed by atoms with Crippen molar-refractivity contribution in [2.45, 2.75) is 51.2 Å². The molecule has 0 fully saturated rings. The van der Waals surface area contributed by atoms with Gasteiger partial charge in [0.1, 0.15) is 6.10 Å². The smallest absolute Gasteiger partial charge is 0.307 e. The van der Waals surface area contributed by atoms with Crippen LogP contribution >= 0.6 is 0 Å². The first kappa shape index (κ1) is 17.7. The lowest BCUT2D eigenvalue weighted by Crippen LogP contribution is -2.35. The number of esters is 1. The predicted octanol–water partition coefficient (Wildman–Crippen LogP) is 2.33. The molecule has 0 radical (unpaired) electrons. The molecule has 2 atom stereocenters. The molecule has 0 aliphatic heterocycles. The number of carbonyl (C=O) groups excluding carboxylic acids is 1. The Morgan fingerprint density at radius 2 is 1.71 bits per heavy atom. The van der Waals surface area contributed by atoms with E-state index >= 15 is 0 Å². The lowest BCUT2D eigenvalue weighted by molar-refractivity contribution is -0.150. The van der Waals surface area contributed by atoms with Gasteiger partial charge < -0.3 is 4.74 Å². The Labute approximate surface area is 126 Å². The highest BCUT2D eigenvalue weighted by Gasteiger charge is 2.21. The summed E-state index contributed by atoms with van der Waals surface area (Å²) in [6.07, 6.45) is -0.182. The number of ether oxygens (including phenoxy) is 1. The maximum absolute atomic E-state index is 12.1. The second-order valence-corrected chi connectivity index (χ2v) is 7.19. The Kier molecular flexibility index (Phi) is 6.36. The van der Waals surface area contributed by atoms with E-state index in [0.717, 1.165) is 0 Å². The topological polar surface area (TPSA) is 72.5 Å². The van der Waals surface area contributed by atoms with E-state index in [1.54, 1.807) is 25.1 Å². The molecule has 1 aromatic rings. The zero-order valence-electron chi connectivity index (χ0n) is 12.9. The zero-order chi connectivity index (χ0) is 16.0. The molecule has 0 bridgehead atoms. The van der Waals surface area contributed by atoms with Crippen molar-refractivity contribution in [3.8, 4) is 0 Å². The SMILES string of the molecule is CC(CC(=O)OC(C)C(C)C)NS(=O)(=O)c1ccccc1. The summed E-state index contributed by atoms with van der Waals surface area (Å²) in [5.74, 6) is -0.176. The van der Waals surface area contributed by atoms with Crippen LogP contribution in [0.4, 0.5) is 0 Å². The highest BCUT2D eigenvalue weighted by Crippen LogP contribution is 2.11. The van der Waals surface area contributed by atoms with Gasteiger partial charge in [-0.3, -0.25) is 4.79 Å². The summed E-state index contributed by atoms with van der Waals surface area (Å²) < 4.78 is 31.9. The van der Waals surface area contributed by atoms with Crippen LogP contribution in [0.3, 0.4) is 0 Å². The van der Waals surface area contributed by atoms with Crippen molar-refractivity contribution < 1.29 is 17.9 Å². The van der Waals surface area contributed by atoms with Crippen molar-refractivity contribution in [1.82, 2.24) is 4.72 Å². The number of rotatable bonds is 7. The molecule has 5 nitrogen and oxygen atoms in total. The molecular weight excluding hydrogens is 290 g/mol. The average Bonchev–Trinajstić information content (AvgIpc) is 2.38. The van der Waals surface area contributed by atoms with E-state index in [0.29, 0.717) is 0 Å². The van der Waals surface area contributed by atoms with Crippen LogP contribution in [0.25, 0.3) is 0 Å². The summed E-state index contributed by atoms with van der Waals surface area (Å²) in [4.78, 5) is 11.9. The number of nitrogens with one attached hydrogen (secondary N) is 1. The van der Waals surface area contributed by atoms with Gasteiger partial charge in [0.25, 0.3) is 0 Å². The van der Waals surface area contributed by atoms with Gasteiger partial charge in [-0.05, 0) is 31.9 Å². The third-order valence-corrected chi connectivity index (χ3v) is 4.74. The summed E-state index contributed by atoms with van der Waals surface area (Å²) >= 11 is 0. The highest BCUT2D eigenvalue weighted by atomic mass is 32.2. The molecule has 21 heavy (non-hydrogen) atoms. The fourth-order valence-corrected chi connectivity index (χ4v) is 2.88. The van der Waals surface area contributed by atoms with Crippen LogP contribution < -0.4 is 4.72 Å². The summed E-state index contributed by atoms with van der Waals surface area (Å²) in [6, 6.07) is 7.53. The molecule has 0 aliphatic carbocycles. The molecule has 6 heteroatoms. The Balaban J connectivity index is 2.58. The number of sulfonamides is 1. The standard InChI is InChI=1S/C15H23NO4S/c1-11(2)13(4)20-15(17)10-12(3)16-21(18,19)14-8-6-5-7-9-14/h5-9,11-13,16H,10H2,1-4H3. The van der Waals surface area contributed by atoms with Crippen LogP contribution in [0.5, 0.6) is 0 Å². The first-order valence-electron chi connectivity index (χ1n) is 6.99. The van der Waals surface area contributed by atoms with Crippen molar-refractivity contribution in [3.05, 3.63) is 30.3 Å². The van der Waals surface area contributed by atoms with Crippen LogP contribution in [-0.2, 0) is 19.6 Å². The molecule has 0 amide bonds. The fourth-order valence-electron chi connectivity index (χ4n) is 1.62. The fraction of sp³-hybridized carbons (Fsp3) is 0.533. The monoisotopic (exact) mass is 313 g/mol. The molecule has 0 spiro atoms. The third-order valence-electron chi connectivity index (χ3n) is 3.14. The van der Waals surface area contributed by atoms with Gasteiger partial charge in [0, 0.05) is 6.04 Å². The second-order valence-electron chi connectivity index (χ2n) is 5.48. The first-order valence-corrected chi connectivity index (χ1v) is 8.47. The highest BCUT2D eigenvalue weighted by molar-refractivity contribution is 7.89. The van der Waals surface area contributed by atoms with Gasteiger partial charge >= 0.3 is 5.97 Å². The van der Waals surface area contributed by atoms with Crippen LogP contribution in [0, 0.1) is 5.92 Å². The largest absolute Gasteiger partial charge is 0.462 e. The molecule has 0 heterocycles. The van der Waals surface area contributed by atoms with E-state index in [1.165, 1.54) is 12.1 Å². The summed E-state index contributed by atoms with van der Waals surface area (Å²) in [5.41, 5.74) is 0. The average molecular weight is 313 g/mol. The lowest BCUT2D eigenvalue weighted by atomic mass is 10.1. The van der Waals surface area contributed by atoms with E-state index in [-0.39, 0.29) is 23.3 Å². The van der Waals surface area contributed by atoms with E-state index in [1.807, 2.05) is 20.8 Å². The van der Waals surface area contributed by atoms with E-state index < -0.39 is 22.0 Å². The van der Waals surface area contributed by atoms with Crippen molar-refractivity contribution in [3.63, 3.8) is 0 Å². The van der Waals surface area contributed by atoms with Gasteiger partial charge in [-0.25, -0.2) is 13.1 Å². The molecule has 0 aliphatic rings. The molecule has 1 aromatic carbocycles. The van der Waals surface area contributed by atoms with E-state index in [2.05, 4.69) is 4.72 Å². The Bertz CT molecular complexity index is 554. The quantitative estimate of drug-likeness (QED) is 0.784. The lowest BCUT2D eigenvalue weighted by Gasteiger charge is -2.18. The van der Waals surface area contributed by atoms with Crippen LogP contribution in [-0.4, -0.2) is 26.5 Å². The molecule has 1 N–H and O–H groups in total. The maximum Gasteiger partial charge on any atom is 0.307 e. The number of hydrogen-bond acceptors (Lipinski definition) is 4. The van der Waals surface area contributed by atoms with Gasteiger partial charge in [0.15, 0.2) is 0 Å².